The maximum Gasteiger partial charge on any atom is 0.377 e. The molecule has 1 atom stereocenters. The Kier molecular flexibility index (Phi) is 4.11. The summed E-state index contributed by atoms with van der Waals surface area (Å²) in [7, 11) is 1.76. The van der Waals surface area contributed by atoms with Crippen LogP contribution in [-0.2, 0) is 16.0 Å². The number of aliphatic hydroxyl groups is 1. The maximum atomic E-state index is 11.5. The minimum Gasteiger partial charge on any atom is -0.446 e. The molecule has 2 rings (SSSR count). The van der Waals surface area contributed by atoms with Crippen LogP contribution in [0.15, 0.2) is 28.4 Å². The van der Waals surface area contributed by atoms with Crippen LogP contribution in [-0.4, -0.2) is 24.4 Å². The quantitative estimate of drug-likeness (QED) is 0.829. The van der Waals surface area contributed by atoms with Crippen molar-refractivity contribution < 1.29 is 19.4 Å². The Labute approximate surface area is 119 Å². The molecule has 0 radical (unpaired) electrons. The van der Waals surface area contributed by atoms with Gasteiger partial charge < -0.3 is 19.9 Å². The van der Waals surface area contributed by atoms with Gasteiger partial charge in [0.15, 0.2) is 5.75 Å². The number of hydrogen-bond acceptors (Lipinski definition) is 5. The number of cyclic esters (lactones) is 1. The molecule has 1 unspecified atom stereocenters. The van der Waals surface area contributed by atoms with E-state index in [2.05, 4.69) is 26.0 Å². The van der Waals surface area contributed by atoms with Gasteiger partial charge in [-0.3, -0.25) is 0 Å². The molecule has 0 fully saturated rings. The molecule has 2 N–H and O–H groups in total. The second-order valence-corrected chi connectivity index (χ2v) is 4.83. The fourth-order valence-electron chi connectivity index (χ4n) is 1.69. The number of anilines is 1. The molecule has 1 aromatic rings. The van der Waals surface area contributed by atoms with Gasteiger partial charge in [-0.25, -0.2) is 4.79 Å². The predicted octanol–water partition coefficient (Wildman–Crippen LogP) is 2.15. The lowest BCUT2D eigenvalue weighted by Gasteiger charge is -2.11. The molecule has 1 aromatic carbocycles. The first-order chi connectivity index (χ1) is 9.06. The van der Waals surface area contributed by atoms with Crippen molar-refractivity contribution >= 4 is 27.6 Å². The van der Waals surface area contributed by atoms with Gasteiger partial charge in [0.05, 0.1) is 5.69 Å². The van der Waals surface area contributed by atoms with E-state index in [0.29, 0.717) is 5.75 Å². The Morgan fingerprint density at radius 3 is 2.79 bits per heavy atom. The van der Waals surface area contributed by atoms with Gasteiger partial charge in [-0.05, 0) is 40.0 Å². The van der Waals surface area contributed by atoms with Gasteiger partial charge in [-0.1, -0.05) is 13.0 Å². The number of hydrogen-bond donors (Lipinski definition) is 2. The number of carbonyl (C=O) groups is 1. The Hall–Kier alpha value is -1.53. The van der Waals surface area contributed by atoms with Crippen molar-refractivity contribution in [3.8, 4) is 5.75 Å². The van der Waals surface area contributed by atoms with Crippen molar-refractivity contribution in [2.45, 2.75) is 19.6 Å². The molecule has 6 heteroatoms. The fourth-order valence-corrected chi connectivity index (χ4v) is 2.03. The SMILES string of the molecule is CCc1ccc(NC)c(OC2=C(Br)C(O)OC2=O)c1. The summed E-state index contributed by atoms with van der Waals surface area (Å²) < 4.78 is 10.4. The zero-order chi connectivity index (χ0) is 14.0. The van der Waals surface area contributed by atoms with E-state index in [0.717, 1.165) is 17.7 Å². The minimum atomic E-state index is -1.30. The lowest BCUT2D eigenvalue weighted by atomic mass is 10.1. The molecular formula is C13H14BrNO4. The third-order valence-electron chi connectivity index (χ3n) is 2.77. The molecule has 19 heavy (non-hydrogen) atoms. The van der Waals surface area contributed by atoms with E-state index in [1.54, 1.807) is 7.05 Å². The Morgan fingerprint density at radius 1 is 1.53 bits per heavy atom. The summed E-state index contributed by atoms with van der Waals surface area (Å²) in [6, 6.07) is 5.69. The van der Waals surface area contributed by atoms with Gasteiger partial charge >= 0.3 is 5.97 Å². The number of rotatable bonds is 4. The summed E-state index contributed by atoms with van der Waals surface area (Å²) in [6.07, 6.45) is -0.442. The molecule has 0 saturated carbocycles. The molecule has 0 aliphatic carbocycles. The Morgan fingerprint density at radius 2 is 2.26 bits per heavy atom. The smallest absolute Gasteiger partial charge is 0.377 e. The molecule has 0 saturated heterocycles. The second-order valence-electron chi connectivity index (χ2n) is 3.97. The number of aryl methyl sites for hydroxylation is 1. The predicted molar refractivity (Wildman–Crippen MR) is 74.0 cm³/mol. The summed E-state index contributed by atoms with van der Waals surface area (Å²) in [5.74, 6) is -0.208. The first kappa shape index (κ1) is 13.9. The number of aliphatic hydroxyl groups excluding tert-OH is 1. The zero-order valence-corrected chi connectivity index (χ0v) is 12.2. The molecule has 0 amide bonds. The van der Waals surface area contributed by atoms with Gasteiger partial charge in [-0.2, -0.15) is 0 Å². The van der Waals surface area contributed by atoms with E-state index < -0.39 is 12.3 Å². The third kappa shape index (κ3) is 2.74. The van der Waals surface area contributed by atoms with Crippen LogP contribution in [0.3, 0.4) is 0 Å². The van der Waals surface area contributed by atoms with Crippen molar-refractivity contribution in [2.75, 3.05) is 12.4 Å². The third-order valence-corrected chi connectivity index (χ3v) is 3.53. The van der Waals surface area contributed by atoms with E-state index >= 15 is 0 Å². The Balaban J connectivity index is 2.35. The number of ether oxygens (including phenoxy) is 2. The topological polar surface area (TPSA) is 67.8 Å². The lowest BCUT2D eigenvalue weighted by Crippen LogP contribution is -2.09. The highest BCUT2D eigenvalue weighted by atomic mass is 79.9. The second kappa shape index (κ2) is 5.63. The van der Waals surface area contributed by atoms with E-state index in [9.17, 15) is 9.90 Å². The van der Waals surface area contributed by atoms with Crippen LogP contribution >= 0.6 is 15.9 Å². The van der Waals surface area contributed by atoms with Gasteiger partial charge in [0.1, 0.15) is 4.48 Å². The number of benzene rings is 1. The summed E-state index contributed by atoms with van der Waals surface area (Å²) in [6.45, 7) is 2.03. The average Bonchev–Trinajstić information content (AvgIpc) is 2.65. The van der Waals surface area contributed by atoms with E-state index in [1.165, 1.54) is 0 Å². The average molecular weight is 328 g/mol. The van der Waals surface area contributed by atoms with Crippen molar-refractivity contribution in [3.05, 3.63) is 34.0 Å². The summed E-state index contributed by atoms with van der Waals surface area (Å²) in [5.41, 5.74) is 1.83. The fraction of sp³-hybridized carbons (Fsp3) is 0.308. The number of carbonyl (C=O) groups excluding carboxylic acids is 1. The van der Waals surface area contributed by atoms with E-state index in [4.69, 9.17) is 4.74 Å². The van der Waals surface area contributed by atoms with Crippen LogP contribution in [0.2, 0.25) is 0 Å². The van der Waals surface area contributed by atoms with Crippen molar-refractivity contribution in [1.29, 1.82) is 0 Å². The highest BCUT2D eigenvalue weighted by molar-refractivity contribution is 9.11. The molecule has 0 bridgehead atoms. The van der Waals surface area contributed by atoms with Crippen molar-refractivity contribution in [1.82, 2.24) is 0 Å². The molecule has 1 aliphatic rings. The minimum absolute atomic E-state index is 0.0303. The molecule has 0 spiro atoms. The van der Waals surface area contributed by atoms with Gasteiger partial charge in [0.25, 0.3) is 0 Å². The summed E-state index contributed by atoms with van der Waals surface area (Å²) in [5, 5.41) is 12.4. The summed E-state index contributed by atoms with van der Waals surface area (Å²) >= 11 is 3.09. The molecule has 102 valence electrons. The largest absolute Gasteiger partial charge is 0.446 e. The Bertz CT molecular complexity index is 541. The van der Waals surface area contributed by atoms with Crippen molar-refractivity contribution in [2.24, 2.45) is 0 Å². The molecule has 1 aliphatic heterocycles. The van der Waals surface area contributed by atoms with Crippen molar-refractivity contribution in [3.63, 3.8) is 0 Å². The zero-order valence-electron chi connectivity index (χ0n) is 10.6. The number of esters is 1. The van der Waals surface area contributed by atoms with Gasteiger partial charge in [0.2, 0.25) is 12.0 Å². The summed E-state index contributed by atoms with van der Waals surface area (Å²) in [4.78, 5) is 11.5. The van der Waals surface area contributed by atoms with Gasteiger partial charge in [-0.15, -0.1) is 0 Å². The van der Waals surface area contributed by atoms with Crippen LogP contribution in [0.1, 0.15) is 12.5 Å². The number of nitrogens with one attached hydrogen (secondary N) is 1. The molecule has 5 nitrogen and oxygen atoms in total. The highest BCUT2D eigenvalue weighted by Crippen LogP contribution is 2.33. The molecule has 0 aromatic heterocycles. The lowest BCUT2D eigenvalue weighted by molar-refractivity contribution is -0.153. The highest BCUT2D eigenvalue weighted by Gasteiger charge is 2.34. The molecular weight excluding hydrogens is 314 g/mol. The first-order valence-corrected chi connectivity index (χ1v) is 6.63. The van der Waals surface area contributed by atoms with Gasteiger partial charge in [0, 0.05) is 7.05 Å². The van der Waals surface area contributed by atoms with E-state index in [-0.39, 0.29) is 10.2 Å². The van der Waals surface area contributed by atoms with Crippen LogP contribution in [0, 0.1) is 0 Å². The van der Waals surface area contributed by atoms with Crippen LogP contribution in [0.25, 0.3) is 0 Å². The maximum absolute atomic E-state index is 11.5. The molecule has 1 heterocycles. The normalized spacial score (nSPS) is 18.5. The standard InChI is InChI=1S/C13H14BrNO4/c1-3-7-4-5-8(15-2)9(6-7)18-11-10(14)12(16)19-13(11)17/h4-6,12,15-16H,3H2,1-2H3. The van der Waals surface area contributed by atoms with Crippen LogP contribution < -0.4 is 10.1 Å². The first-order valence-electron chi connectivity index (χ1n) is 5.84. The van der Waals surface area contributed by atoms with Crippen LogP contribution in [0.4, 0.5) is 5.69 Å². The number of halogens is 1. The monoisotopic (exact) mass is 327 g/mol. The van der Waals surface area contributed by atoms with Crippen LogP contribution in [0.5, 0.6) is 5.75 Å². The van der Waals surface area contributed by atoms with E-state index in [1.807, 2.05) is 25.1 Å².